The molecule has 2 fully saturated rings. The van der Waals surface area contributed by atoms with Crippen molar-refractivity contribution in [3.8, 4) is 0 Å². The maximum absolute atomic E-state index is 14.6. The molecule has 8 heteroatoms. The molecular formula is C30H34FN3O3S. The molecule has 1 spiro atoms. The van der Waals surface area contributed by atoms with Crippen LogP contribution >= 0.6 is 0 Å². The summed E-state index contributed by atoms with van der Waals surface area (Å²) in [5, 5.41) is 3.56. The molecule has 0 bridgehead atoms. The second-order valence-electron chi connectivity index (χ2n) is 10.2. The molecule has 2 saturated heterocycles. The molecule has 3 aromatic rings. The van der Waals surface area contributed by atoms with Crippen molar-refractivity contribution in [2.45, 2.75) is 62.2 Å². The first-order valence-electron chi connectivity index (χ1n) is 13.3. The summed E-state index contributed by atoms with van der Waals surface area (Å²) in [5.41, 5.74) is 1.86. The topological polar surface area (TPSA) is 69.7 Å². The number of nitrogens with one attached hydrogen (secondary N) is 1. The zero-order valence-electron chi connectivity index (χ0n) is 21.6. The number of sulfonamides is 1. The van der Waals surface area contributed by atoms with Gasteiger partial charge in [-0.3, -0.25) is 10.1 Å². The third kappa shape index (κ3) is 5.25. The predicted octanol–water partition coefficient (Wildman–Crippen LogP) is 4.50. The normalized spacial score (nSPS) is 19.8. The van der Waals surface area contributed by atoms with E-state index >= 15 is 0 Å². The fourth-order valence-corrected chi connectivity index (χ4v) is 7.10. The maximum Gasteiger partial charge on any atom is 0.243 e. The van der Waals surface area contributed by atoms with Crippen molar-refractivity contribution in [1.29, 1.82) is 0 Å². The van der Waals surface area contributed by atoms with Gasteiger partial charge in [0.15, 0.2) is 0 Å². The van der Waals surface area contributed by atoms with Crippen LogP contribution in [-0.2, 0) is 34.2 Å². The highest BCUT2D eigenvalue weighted by Gasteiger charge is 2.52. The second-order valence-corrected chi connectivity index (χ2v) is 12.2. The summed E-state index contributed by atoms with van der Waals surface area (Å²) >= 11 is 0. The van der Waals surface area contributed by atoms with E-state index in [2.05, 4.69) is 12.2 Å². The van der Waals surface area contributed by atoms with Crippen molar-refractivity contribution >= 4 is 15.9 Å². The Morgan fingerprint density at radius 1 is 0.921 bits per heavy atom. The van der Waals surface area contributed by atoms with Crippen LogP contribution in [-0.4, -0.2) is 48.3 Å². The number of carbonyl (C=O) groups excluding carboxylic acids is 1. The Hall–Kier alpha value is -3.07. The van der Waals surface area contributed by atoms with Crippen molar-refractivity contribution in [2.24, 2.45) is 0 Å². The lowest BCUT2D eigenvalue weighted by molar-refractivity contribution is -0.134. The quantitative estimate of drug-likeness (QED) is 0.461. The van der Waals surface area contributed by atoms with E-state index in [9.17, 15) is 17.6 Å². The molecule has 0 saturated carbocycles. The van der Waals surface area contributed by atoms with Gasteiger partial charge in [0.2, 0.25) is 15.9 Å². The fraction of sp³-hybridized carbons (Fsp3) is 0.367. The summed E-state index contributed by atoms with van der Waals surface area (Å²) in [5.74, 6) is -0.437. The lowest BCUT2D eigenvalue weighted by Gasteiger charge is -2.44. The monoisotopic (exact) mass is 535 g/mol. The highest BCUT2D eigenvalue weighted by Crippen LogP contribution is 2.36. The number of amides is 1. The number of aryl methyl sites for hydroxylation is 1. The van der Waals surface area contributed by atoms with Gasteiger partial charge in [0.05, 0.1) is 23.1 Å². The minimum absolute atomic E-state index is 0.0834. The van der Waals surface area contributed by atoms with Gasteiger partial charge in [0, 0.05) is 18.7 Å². The SMILES string of the molecule is CCCc1ccc(S(=O)(=O)N2CCC3(CC2)NC(Cc2ccccc2)C(=O)N3Cc2ccccc2F)cc1. The number of halogens is 1. The van der Waals surface area contributed by atoms with Crippen LogP contribution in [0.4, 0.5) is 4.39 Å². The Kier molecular flexibility index (Phi) is 7.66. The van der Waals surface area contributed by atoms with Gasteiger partial charge in [-0.2, -0.15) is 4.31 Å². The molecule has 200 valence electrons. The Balaban J connectivity index is 1.37. The molecule has 2 aliphatic rings. The van der Waals surface area contributed by atoms with Crippen molar-refractivity contribution in [2.75, 3.05) is 13.1 Å². The summed E-state index contributed by atoms with van der Waals surface area (Å²) in [6.07, 6.45) is 3.27. The minimum Gasteiger partial charge on any atom is -0.319 e. The highest BCUT2D eigenvalue weighted by atomic mass is 32.2. The molecule has 2 aliphatic heterocycles. The molecule has 0 aliphatic carbocycles. The molecule has 0 aromatic heterocycles. The van der Waals surface area contributed by atoms with Gasteiger partial charge < -0.3 is 4.90 Å². The highest BCUT2D eigenvalue weighted by molar-refractivity contribution is 7.89. The van der Waals surface area contributed by atoms with Gasteiger partial charge in [-0.05, 0) is 55.0 Å². The molecule has 38 heavy (non-hydrogen) atoms. The molecule has 1 N–H and O–H groups in total. The van der Waals surface area contributed by atoms with Crippen molar-refractivity contribution in [3.05, 3.63) is 101 Å². The van der Waals surface area contributed by atoms with E-state index < -0.39 is 21.7 Å². The number of benzene rings is 3. The second kappa shape index (κ2) is 11.0. The van der Waals surface area contributed by atoms with Crippen LogP contribution in [0, 0.1) is 5.82 Å². The number of hydrogen-bond donors (Lipinski definition) is 1. The molecule has 1 unspecified atom stereocenters. The van der Waals surface area contributed by atoms with Gasteiger partial charge in [0.1, 0.15) is 5.82 Å². The molecule has 1 amide bonds. The van der Waals surface area contributed by atoms with Gasteiger partial charge in [-0.25, -0.2) is 12.8 Å². The van der Waals surface area contributed by atoms with Crippen LogP contribution in [0.5, 0.6) is 0 Å². The number of piperidine rings is 1. The molecule has 0 radical (unpaired) electrons. The first kappa shape index (κ1) is 26.5. The Labute approximate surface area is 224 Å². The first-order chi connectivity index (χ1) is 18.3. The number of carbonyl (C=O) groups is 1. The average Bonchev–Trinajstić information content (AvgIpc) is 3.16. The van der Waals surface area contributed by atoms with Crippen molar-refractivity contribution in [3.63, 3.8) is 0 Å². The van der Waals surface area contributed by atoms with E-state index in [1.165, 1.54) is 10.4 Å². The Bertz CT molecular complexity index is 1370. The summed E-state index contributed by atoms with van der Waals surface area (Å²) in [4.78, 5) is 15.7. The van der Waals surface area contributed by atoms with Crippen LogP contribution in [0.25, 0.3) is 0 Å². The lowest BCUT2D eigenvalue weighted by Crippen LogP contribution is -2.59. The summed E-state index contributed by atoms with van der Waals surface area (Å²) in [6.45, 7) is 2.77. The third-order valence-electron chi connectivity index (χ3n) is 7.74. The zero-order valence-corrected chi connectivity index (χ0v) is 22.5. The fourth-order valence-electron chi connectivity index (χ4n) is 5.65. The van der Waals surface area contributed by atoms with Gasteiger partial charge in [0.25, 0.3) is 0 Å². The Morgan fingerprint density at radius 2 is 1.58 bits per heavy atom. The first-order valence-corrected chi connectivity index (χ1v) is 14.7. The zero-order chi connectivity index (χ0) is 26.8. The van der Waals surface area contributed by atoms with E-state index in [0.717, 1.165) is 24.0 Å². The molecule has 2 heterocycles. The van der Waals surface area contributed by atoms with Gasteiger partial charge >= 0.3 is 0 Å². The summed E-state index contributed by atoms with van der Waals surface area (Å²) < 4.78 is 43.0. The molecule has 5 rings (SSSR count). The van der Waals surface area contributed by atoms with Crippen LogP contribution in [0.1, 0.15) is 42.9 Å². The molecular weight excluding hydrogens is 501 g/mol. The molecule has 6 nitrogen and oxygen atoms in total. The van der Waals surface area contributed by atoms with Gasteiger partial charge in [-0.15, -0.1) is 0 Å². The maximum atomic E-state index is 14.6. The average molecular weight is 536 g/mol. The van der Waals surface area contributed by atoms with Crippen molar-refractivity contribution < 1.29 is 17.6 Å². The lowest BCUT2D eigenvalue weighted by atomic mass is 9.96. The minimum atomic E-state index is -3.66. The number of nitrogens with zero attached hydrogens (tertiary/aromatic N) is 2. The Morgan fingerprint density at radius 3 is 2.24 bits per heavy atom. The van der Waals surface area contributed by atoms with E-state index in [0.29, 0.717) is 24.8 Å². The van der Waals surface area contributed by atoms with Gasteiger partial charge in [-0.1, -0.05) is 74.0 Å². The summed E-state index contributed by atoms with van der Waals surface area (Å²) in [6, 6.07) is 23.0. The largest absolute Gasteiger partial charge is 0.319 e. The van der Waals surface area contributed by atoms with E-state index in [1.54, 1.807) is 35.2 Å². The standard InChI is InChI=1S/C30H34FN3O3S/c1-2-8-23-13-15-26(16-14-23)38(36,37)33-19-17-30(18-20-33)32-28(21-24-9-4-3-5-10-24)29(35)34(30)22-25-11-6-7-12-27(25)31/h3-7,9-16,28,32H,2,8,17-22H2,1H3. The van der Waals surface area contributed by atoms with Crippen LogP contribution < -0.4 is 5.32 Å². The van der Waals surface area contributed by atoms with Crippen LogP contribution in [0.2, 0.25) is 0 Å². The van der Waals surface area contributed by atoms with Crippen LogP contribution in [0.3, 0.4) is 0 Å². The van der Waals surface area contributed by atoms with E-state index in [1.807, 2.05) is 42.5 Å². The third-order valence-corrected chi connectivity index (χ3v) is 9.65. The van der Waals surface area contributed by atoms with Crippen molar-refractivity contribution in [1.82, 2.24) is 14.5 Å². The number of hydrogen-bond acceptors (Lipinski definition) is 4. The van der Waals surface area contributed by atoms with E-state index in [-0.39, 0.29) is 36.3 Å². The van der Waals surface area contributed by atoms with Crippen LogP contribution in [0.15, 0.2) is 83.8 Å². The molecule has 3 aromatic carbocycles. The predicted molar refractivity (Wildman–Crippen MR) is 145 cm³/mol. The smallest absolute Gasteiger partial charge is 0.243 e. The summed E-state index contributed by atoms with van der Waals surface area (Å²) in [7, 11) is -3.66. The van der Waals surface area contributed by atoms with E-state index in [4.69, 9.17) is 0 Å². The number of rotatable bonds is 8. The molecule has 1 atom stereocenters.